The fraction of sp³-hybridized carbons (Fsp3) is 0.579. The first-order valence-corrected chi connectivity index (χ1v) is 8.85. The van der Waals surface area contributed by atoms with Gasteiger partial charge in [-0.15, -0.1) is 0 Å². The van der Waals surface area contributed by atoms with Crippen LogP contribution < -0.4 is 0 Å². The molecule has 5 nitrogen and oxygen atoms in total. The molecule has 128 valence electrons. The molecule has 0 aromatic heterocycles. The van der Waals surface area contributed by atoms with Crippen LogP contribution in [0.1, 0.15) is 37.2 Å². The Morgan fingerprint density at radius 3 is 2.54 bits per heavy atom. The van der Waals surface area contributed by atoms with Crippen molar-refractivity contribution in [3.63, 3.8) is 0 Å². The first-order chi connectivity index (χ1) is 11.8. The summed E-state index contributed by atoms with van der Waals surface area (Å²) in [7, 11) is 0. The topological polar surface area (TPSA) is 67.6 Å². The lowest BCUT2D eigenvalue weighted by molar-refractivity contribution is -0.147. The Hall–Kier alpha value is -1.90. The summed E-state index contributed by atoms with van der Waals surface area (Å²) in [6.07, 6.45) is 4.11. The minimum absolute atomic E-state index is 0.0154. The molecule has 0 radical (unpaired) electrons. The zero-order valence-corrected chi connectivity index (χ0v) is 14.0. The Kier molecular flexibility index (Phi) is 5.49. The van der Waals surface area contributed by atoms with Crippen molar-refractivity contribution in [3.05, 3.63) is 35.9 Å². The van der Waals surface area contributed by atoms with Crippen LogP contribution in [0.25, 0.3) is 0 Å². The van der Waals surface area contributed by atoms with Crippen LogP contribution in [0, 0.1) is 11.3 Å². The number of piperidine rings is 1. The monoisotopic (exact) mass is 327 g/mol. The van der Waals surface area contributed by atoms with Crippen LogP contribution in [0.5, 0.6) is 0 Å². The minimum atomic E-state index is -0.474. The number of carbonyl (C=O) groups is 1. The molecule has 0 bridgehead atoms. The second kappa shape index (κ2) is 7.78. The van der Waals surface area contributed by atoms with Gasteiger partial charge in [-0.3, -0.25) is 4.79 Å². The van der Waals surface area contributed by atoms with E-state index in [9.17, 15) is 15.2 Å². The van der Waals surface area contributed by atoms with Crippen LogP contribution in [-0.2, 0) is 4.79 Å². The first-order valence-electron chi connectivity index (χ1n) is 8.85. The molecule has 1 aromatic carbocycles. The van der Waals surface area contributed by atoms with Crippen LogP contribution >= 0.6 is 0 Å². The van der Waals surface area contributed by atoms with E-state index >= 15 is 0 Å². The minimum Gasteiger partial charge on any atom is -0.394 e. The van der Waals surface area contributed by atoms with Crippen molar-refractivity contribution in [2.75, 3.05) is 26.2 Å². The van der Waals surface area contributed by atoms with Gasteiger partial charge >= 0.3 is 0 Å². The summed E-state index contributed by atoms with van der Waals surface area (Å²) < 4.78 is 0. The summed E-state index contributed by atoms with van der Waals surface area (Å²) in [6, 6.07) is 11.2. The van der Waals surface area contributed by atoms with Gasteiger partial charge in [0.05, 0.1) is 18.7 Å². The largest absolute Gasteiger partial charge is 0.394 e. The zero-order valence-electron chi connectivity index (χ0n) is 14.0. The van der Waals surface area contributed by atoms with Gasteiger partial charge in [-0.05, 0) is 31.5 Å². The number of aliphatic hydroxyl groups excluding tert-OH is 1. The second-order valence-electron chi connectivity index (χ2n) is 6.71. The molecule has 24 heavy (non-hydrogen) atoms. The third kappa shape index (κ3) is 3.31. The lowest BCUT2D eigenvalue weighted by atomic mass is 9.75. The average Bonchev–Trinajstić information content (AvgIpc) is 2.61. The van der Waals surface area contributed by atoms with Crippen molar-refractivity contribution >= 4 is 5.91 Å². The standard InChI is InChI=1S/C19H25N3O2/c20-13-16-19(15-7-3-1-4-8-15)17(14-23)22(16)18(24)9-12-21-10-5-2-6-11-21/h1,3-4,7-8,16-17,19,23H,2,5-6,9-12,14H2/t16-,17-,19+/m1/s1. The van der Waals surface area contributed by atoms with Crippen molar-refractivity contribution in [2.45, 2.75) is 43.7 Å². The number of nitriles is 1. The molecule has 0 aliphatic carbocycles. The van der Waals surface area contributed by atoms with E-state index in [2.05, 4.69) is 11.0 Å². The van der Waals surface area contributed by atoms with Crippen LogP contribution in [0.3, 0.4) is 0 Å². The van der Waals surface area contributed by atoms with Gasteiger partial charge in [-0.25, -0.2) is 0 Å². The van der Waals surface area contributed by atoms with Gasteiger partial charge in [0.15, 0.2) is 0 Å². The summed E-state index contributed by atoms with van der Waals surface area (Å²) >= 11 is 0. The van der Waals surface area contributed by atoms with Gasteiger partial charge in [0, 0.05) is 18.9 Å². The Balaban J connectivity index is 1.64. The summed E-state index contributed by atoms with van der Waals surface area (Å²) in [5, 5.41) is 19.3. The normalized spacial score (nSPS) is 27.3. The molecular weight excluding hydrogens is 302 g/mol. The predicted octanol–water partition coefficient (Wildman–Crippen LogP) is 1.74. The Bertz CT molecular complexity index is 592. The third-order valence-electron chi connectivity index (χ3n) is 5.29. The van der Waals surface area contributed by atoms with Crippen LogP contribution in [-0.4, -0.2) is 59.1 Å². The van der Waals surface area contributed by atoms with E-state index in [4.69, 9.17) is 0 Å². The zero-order chi connectivity index (χ0) is 16.9. The Labute approximate surface area is 143 Å². The van der Waals surface area contributed by atoms with Gasteiger partial charge in [-0.2, -0.15) is 5.26 Å². The van der Waals surface area contributed by atoms with E-state index in [1.165, 1.54) is 19.3 Å². The van der Waals surface area contributed by atoms with Gasteiger partial charge in [-0.1, -0.05) is 36.8 Å². The highest BCUT2D eigenvalue weighted by Crippen LogP contribution is 2.40. The van der Waals surface area contributed by atoms with Crippen molar-refractivity contribution in [3.8, 4) is 6.07 Å². The number of likely N-dealkylation sites (tertiary alicyclic amines) is 2. The Morgan fingerprint density at radius 1 is 1.21 bits per heavy atom. The highest BCUT2D eigenvalue weighted by atomic mass is 16.3. The highest BCUT2D eigenvalue weighted by Gasteiger charge is 2.51. The summed E-state index contributed by atoms with van der Waals surface area (Å²) in [5.41, 5.74) is 1.02. The molecule has 0 unspecified atom stereocenters. The maximum Gasteiger partial charge on any atom is 0.225 e. The molecule has 3 atom stereocenters. The molecule has 2 heterocycles. The third-order valence-corrected chi connectivity index (χ3v) is 5.29. The number of aliphatic hydroxyl groups is 1. The van der Waals surface area contributed by atoms with Crippen LogP contribution in [0.2, 0.25) is 0 Å². The Morgan fingerprint density at radius 2 is 1.92 bits per heavy atom. The summed E-state index contributed by atoms with van der Waals surface area (Å²) in [6.45, 7) is 2.77. The molecule has 2 aliphatic heterocycles. The number of hydrogen-bond acceptors (Lipinski definition) is 4. The van der Waals surface area contributed by atoms with Crippen molar-refractivity contribution in [2.24, 2.45) is 0 Å². The molecule has 1 N–H and O–H groups in total. The molecule has 2 saturated heterocycles. The van der Waals surface area contributed by atoms with Crippen molar-refractivity contribution in [1.82, 2.24) is 9.80 Å². The van der Waals surface area contributed by atoms with E-state index < -0.39 is 6.04 Å². The summed E-state index contributed by atoms with van der Waals surface area (Å²) in [5.74, 6) is -0.113. The molecule has 2 aliphatic rings. The van der Waals surface area contributed by atoms with Gasteiger partial charge < -0.3 is 14.9 Å². The van der Waals surface area contributed by atoms with E-state index in [-0.39, 0.29) is 24.5 Å². The lowest BCUT2D eigenvalue weighted by Gasteiger charge is -2.51. The number of rotatable bonds is 5. The quantitative estimate of drug-likeness (QED) is 0.894. The molecule has 2 fully saturated rings. The fourth-order valence-electron chi connectivity index (χ4n) is 3.99. The smallest absolute Gasteiger partial charge is 0.225 e. The molecule has 0 saturated carbocycles. The van der Waals surface area contributed by atoms with Crippen LogP contribution in [0.15, 0.2) is 30.3 Å². The maximum absolute atomic E-state index is 12.6. The maximum atomic E-state index is 12.6. The van der Waals surface area contributed by atoms with E-state index in [0.717, 1.165) is 25.2 Å². The molecule has 3 rings (SSSR count). The van der Waals surface area contributed by atoms with Gasteiger partial charge in [0.25, 0.3) is 0 Å². The molecular formula is C19H25N3O2. The van der Waals surface area contributed by atoms with E-state index in [0.29, 0.717) is 6.42 Å². The van der Waals surface area contributed by atoms with E-state index in [1.54, 1.807) is 4.90 Å². The molecule has 1 aromatic rings. The number of benzene rings is 1. The number of carbonyl (C=O) groups excluding carboxylic acids is 1. The number of hydrogen-bond donors (Lipinski definition) is 1. The summed E-state index contributed by atoms with van der Waals surface area (Å²) in [4.78, 5) is 16.5. The molecule has 0 spiro atoms. The lowest BCUT2D eigenvalue weighted by Crippen LogP contribution is -2.65. The second-order valence-corrected chi connectivity index (χ2v) is 6.71. The number of amides is 1. The SMILES string of the molecule is N#C[C@@H]1[C@H](c2ccccc2)[C@@H](CO)N1C(=O)CCN1CCCCC1. The molecule has 1 amide bonds. The van der Waals surface area contributed by atoms with Gasteiger partial charge in [0.1, 0.15) is 6.04 Å². The fourth-order valence-corrected chi connectivity index (χ4v) is 3.99. The van der Waals surface area contributed by atoms with Crippen molar-refractivity contribution < 1.29 is 9.90 Å². The number of nitrogens with zero attached hydrogens (tertiary/aromatic N) is 3. The molecule has 5 heteroatoms. The predicted molar refractivity (Wildman–Crippen MR) is 91.2 cm³/mol. The average molecular weight is 327 g/mol. The highest BCUT2D eigenvalue weighted by molar-refractivity contribution is 5.79. The van der Waals surface area contributed by atoms with Crippen LogP contribution in [0.4, 0.5) is 0 Å². The first kappa shape index (κ1) is 16.9. The van der Waals surface area contributed by atoms with Gasteiger partial charge in [0.2, 0.25) is 5.91 Å². The van der Waals surface area contributed by atoms with E-state index in [1.807, 2.05) is 30.3 Å². The van der Waals surface area contributed by atoms with Crippen molar-refractivity contribution in [1.29, 1.82) is 5.26 Å².